The summed E-state index contributed by atoms with van der Waals surface area (Å²) in [7, 11) is -3.56. The predicted molar refractivity (Wildman–Crippen MR) is 69.9 cm³/mol. The van der Waals surface area contributed by atoms with Crippen molar-refractivity contribution in [2.45, 2.75) is 31.7 Å². The summed E-state index contributed by atoms with van der Waals surface area (Å²) in [5.74, 6) is -0.279. The van der Waals surface area contributed by atoms with Crippen LogP contribution in [0.5, 0.6) is 0 Å². The number of rotatable bonds is 5. The van der Waals surface area contributed by atoms with Crippen LogP contribution in [0.1, 0.15) is 31.1 Å². The van der Waals surface area contributed by atoms with Gasteiger partial charge in [-0.3, -0.25) is 4.79 Å². The second-order valence-electron chi connectivity index (χ2n) is 4.16. The molecule has 0 saturated carbocycles. The van der Waals surface area contributed by atoms with E-state index in [4.69, 9.17) is 0 Å². The van der Waals surface area contributed by atoms with E-state index in [1.807, 2.05) is 0 Å². The zero-order valence-corrected chi connectivity index (χ0v) is 11.5. The summed E-state index contributed by atoms with van der Waals surface area (Å²) in [5, 5.41) is 2.63. The molecule has 2 N–H and O–H groups in total. The van der Waals surface area contributed by atoms with Crippen molar-refractivity contribution in [2.75, 3.05) is 6.54 Å². The predicted octanol–water partition coefficient (Wildman–Crippen LogP) is 1.12. The molecule has 1 amide bonds. The second kappa shape index (κ2) is 5.97. The highest BCUT2D eigenvalue weighted by molar-refractivity contribution is 7.89. The minimum Gasteiger partial charge on any atom is -0.352 e. The molecule has 0 unspecified atom stereocenters. The highest BCUT2D eigenvalue weighted by atomic mass is 32.2. The van der Waals surface area contributed by atoms with E-state index in [1.165, 1.54) is 12.1 Å². The van der Waals surface area contributed by atoms with Gasteiger partial charge in [0.15, 0.2) is 0 Å². The molecule has 100 valence electrons. The minimum absolute atomic E-state index is 0.0972. The van der Waals surface area contributed by atoms with Crippen LogP contribution in [0.2, 0.25) is 0 Å². The van der Waals surface area contributed by atoms with Crippen LogP contribution in [0.15, 0.2) is 29.2 Å². The van der Waals surface area contributed by atoms with Gasteiger partial charge in [0.25, 0.3) is 5.91 Å². The number of benzene rings is 1. The molecule has 0 atom stereocenters. The maximum Gasteiger partial charge on any atom is 0.251 e. The fourth-order valence-corrected chi connectivity index (χ4v) is 2.74. The van der Waals surface area contributed by atoms with E-state index in [0.717, 1.165) is 0 Å². The fourth-order valence-electron chi connectivity index (χ4n) is 1.45. The van der Waals surface area contributed by atoms with Crippen molar-refractivity contribution in [3.05, 3.63) is 29.8 Å². The summed E-state index contributed by atoms with van der Waals surface area (Å²) in [6, 6.07) is 5.78. The van der Waals surface area contributed by atoms with Crippen molar-refractivity contribution >= 4 is 15.9 Å². The summed E-state index contributed by atoms with van der Waals surface area (Å²) in [4.78, 5) is 11.7. The second-order valence-corrected chi connectivity index (χ2v) is 5.88. The van der Waals surface area contributed by atoms with Crippen LogP contribution in [-0.4, -0.2) is 26.9 Å². The molecule has 0 fully saturated rings. The summed E-state index contributed by atoms with van der Waals surface area (Å²) in [6.45, 7) is 5.79. The largest absolute Gasteiger partial charge is 0.352 e. The van der Waals surface area contributed by atoms with Gasteiger partial charge < -0.3 is 5.32 Å². The van der Waals surface area contributed by atoms with Gasteiger partial charge in [-0.15, -0.1) is 0 Å². The van der Waals surface area contributed by atoms with Crippen LogP contribution < -0.4 is 10.0 Å². The summed E-state index contributed by atoms with van der Waals surface area (Å²) in [5.41, 5.74) is 0.337. The first-order valence-corrected chi connectivity index (χ1v) is 7.25. The van der Waals surface area contributed by atoms with E-state index in [9.17, 15) is 13.2 Å². The molecule has 0 saturated heterocycles. The molecule has 0 aliphatic rings. The Hall–Kier alpha value is -1.40. The maximum absolute atomic E-state index is 11.9. The fraction of sp³-hybridized carbons (Fsp3) is 0.417. The van der Waals surface area contributed by atoms with E-state index in [2.05, 4.69) is 10.0 Å². The lowest BCUT2D eigenvalue weighted by molar-refractivity contribution is 0.0955. The average Bonchev–Trinajstić information content (AvgIpc) is 2.28. The van der Waals surface area contributed by atoms with Crippen LogP contribution in [-0.2, 0) is 10.0 Å². The van der Waals surface area contributed by atoms with Crippen LogP contribution in [0.4, 0.5) is 0 Å². The zero-order valence-electron chi connectivity index (χ0n) is 10.7. The summed E-state index contributed by atoms with van der Waals surface area (Å²) in [6.07, 6.45) is 0. The maximum atomic E-state index is 11.9. The minimum atomic E-state index is -3.56. The first-order chi connectivity index (χ1) is 8.36. The van der Waals surface area contributed by atoms with Crippen molar-refractivity contribution in [2.24, 2.45) is 0 Å². The van der Waals surface area contributed by atoms with Gasteiger partial charge in [0, 0.05) is 18.2 Å². The lowest BCUT2D eigenvalue weighted by atomic mass is 10.2. The van der Waals surface area contributed by atoms with Crippen LogP contribution in [0.3, 0.4) is 0 Å². The van der Waals surface area contributed by atoms with Crippen molar-refractivity contribution in [1.82, 2.24) is 10.0 Å². The Balaban J connectivity index is 3.05. The van der Waals surface area contributed by atoms with Gasteiger partial charge in [-0.25, -0.2) is 13.1 Å². The van der Waals surface area contributed by atoms with Gasteiger partial charge in [0.2, 0.25) is 10.0 Å². The number of hydrogen-bond acceptors (Lipinski definition) is 3. The highest BCUT2D eigenvalue weighted by Gasteiger charge is 2.16. The molecule has 0 spiro atoms. The number of amides is 1. The Morgan fingerprint density at radius 3 is 2.56 bits per heavy atom. The van der Waals surface area contributed by atoms with E-state index in [0.29, 0.717) is 12.1 Å². The smallest absolute Gasteiger partial charge is 0.251 e. The Kier molecular flexibility index (Phi) is 4.86. The number of carbonyl (C=O) groups is 1. The number of carbonyl (C=O) groups excluding carboxylic acids is 1. The molecule has 0 heterocycles. The quantitative estimate of drug-likeness (QED) is 0.842. The zero-order chi connectivity index (χ0) is 13.8. The monoisotopic (exact) mass is 270 g/mol. The molecular formula is C12H18N2O3S. The first kappa shape index (κ1) is 14.7. The number of hydrogen-bond donors (Lipinski definition) is 2. The summed E-state index contributed by atoms with van der Waals surface area (Å²) < 4.78 is 26.3. The standard InChI is InChI=1S/C12H18N2O3S/c1-4-13-12(15)10-6-5-7-11(8-10)18(16,17)14-9(2)3/h5-9,14H,4H2,1-3H3,(H,13,15). The van der Waals surface area contributed by atoms with Crippen LogP contribution in [0, 0.1) is 0 Å². The Morgan fingerprint density at radius 1 is 1.33 bits per heavy atom. The molecular weight excluding hydrogens is 252 g/mol. The molecule has 0 bridgehead atoms. The molecule has 6 heteroatoms. The van der Waals surface area contributed by atoms with Gasteiger partial charge in [-0.05, 0) is 39.0 Å². The third kappa shape index (κ3) is 3.82. The highest BCUT2D eigenvalue weighted by Crippen LogP contribution is 2.12. The SMILES string of the molecule is CCNC(=O)c1cccc(S(=O)(=O)NC(C)C)c1. The van der Waals surface area contributed by atoms with Gasteiger partial charge in [-0.2, -0.15) is 0 Å². The topological polar surface area (TPSA) is 75.3 Å². The first-order valence-electron chi connectivity index (χ1n) is 5.77. The van der Waals surface area contributed by atoms with E-state index < -0.39 is 10.0 Å². The molecule has 0 aromatic heterocycles. The molecule has 1 aromatic carbocycles. The summed E-state index contributed by atoms with van der Waals surface area (Å²) >= 11 is 0. The molecule has 5 nitrogen and oxygen atoms in total. The average molecular weight is 270 g/mol. The normalized spacial score (nSPS) is 11.6. The van der Waals surface area contributed by atoms with Gasteiger partial charge in [-0.1, -0.05) is 6.07 Å². The number of nitrogens with one attached hydrogen (secondary N) is 2. The molecule has 0 aliphatic carbocycles. The van der Waals surface area contributed by atoms with E-state index in [-0.39, 0.29) is 16.8 Å². The third-order valence-corrected chi connectivity index (χ3v) is 3.79. The Morgan fingerprint density at radius 2 is 2.00 bits per heavy atom. The van der Waals surface area contributed by atoms with Crippen LogP contribution >= 0.6 is 0 Å². The molecule has 1 aromatic rings. The van der Waals surface area contributed by atoms with Crippen LogP contribution in [0.25, 0.3) is 0 Å². The Labute approximate surface area is 108 Å². The van der Waals surface area contributed by atoms with E-state index >= 15 is 0 Å². The van der Waals surface area contributed by atoms with Crippen molar-refractivity contribution in [1.29, 1.82) is 0 Å². The molecule has 18 heavy (non-hydrogen) atoms. The lowest BCUT2D eigenvalue weighted by Crippen LogP contribution is -2.30. The van der Waals surface area contributed by atoms with Gasteiger partial charge in [0.05, 0.1) is 4.90 Å². The van der Waals surface area contributed by atoms with Crippen molar-refractivity contribution in [3.63, 3.8) is 0 Å². The molecule has 0 aliphatic heterocycles. The lowest BCUT2D eigenvalue weighted by Gasteiger charge is -2.10. The molecule has 1 rings (SSSR count). The van der Waals surface area contributed by atoms with Crippen molar-refractivity contribution < 1.29 is 13.2 Å². The Bertz CT molecular complexity index is 524. The van der Waals surface area contributed by atoms with Crippen molar-refractivity contribution in [3.8, 4) is 0 Å². The third-order valence-electron chi connectivity index (χ3n) is 2.13. The van der Waals surface area contributed by atoms with E-state index in [1.54, 1.807) is 32.9 Å². The van der Waals surface area contributed by atoms with Gasteiger partial charge in [0.1, 0.15) is 0 Å². The molecule has 0 radical (unpaired) electrons. The number of sulfonamides is 1. The van der Waals surface area contributed by atoms with Gasteiger partial charge >= 0.3 is 0 Å².